The molecule has 33 heavy (non-hydrogen) atoms. The largest absolute Gasteiger partial charge is 0.462 e. The fourth-order valence-electron chi connectivity index (χ4n) is 8.81. The van der Waals surface area contributed by atoms with Gasteiger partial charge in [0.2, 0.25) is 0 Å². The molecule has 3 heteroatoms. The number of esters is 1. The first-order valence-corrected chi connectivity index (χ1v) is 14.6. The van der Waals surface area contributed by atoms with Crippen LogP contribution in [0.5, 0.6) is 0 Å². The van der Waals surface area contributed by atoms with E-state index < -0.39 is 0 Å². The molecule has 0 aromatic carbocycles. The highest BCUT2D eigenvalue weighted by atomic mass is 16.5. The maximum atomic E-state index is 12.7. The van der Waals surface area contributed by atoms with Crippen molar-refractivity contribution in [3.05, 3.63) is 0 Å². The van der Waals surface area contributed by atoms with E-state index in [0.29, 0.717) is 29.5 Å². The lowest BCUT2D eigenvalue weighted by atomic mass is 9.45. The normalized spacial score (nSPS) is 40.1. The number of fused-ring (bicyclic) bond motifs is 5. The number of ketones is 1. The first kappa shape index (κ1) is 25.2. The minimum absolute atomic E-state index is 0.0523. The van der Waals surface area contributed by atoms with E-state index in [-0.39, 0.29) is 17.5 Å². The Morgan fingerprint density at radius 3 is 2.30 bits per heavy atom. The Hall–Kier alpha value is -0.860. The van der Waals surface area contributed by atoms with Crippen LogP contribution in [-0.2, 0) is 14.3 Å². The van der Waals surface area contributed by atoms with Crippen molar-refractivity contribution in [1.29, 1.82) is 0 Å². The van der Waals surface area contributed by atoms with Gasteiger partial charge in [0.15, 0.2) is 0 Å². The summed E-state index contributed by atoms with van der Waals surface area (Å²) in [6.07, 6.45) is 20.8. The summed E-state index contributed by atoms with van der Waals surface area (Å²) in [5.74, 6) is 3.42. The molecule has 4 fully saturated rings. The van der Waals surface area contributed by atoms with Gasteiger partial charge < -0.3 is 4.74 Å². The van der Waals surface area contributed by atoms with E-state index in [1.165, 1.54) is 70.6 Å². The van der Waals surface area contributed by atoms with E-state index >= 15 is 0 Å². The van der Waals surface area contributed by atoms with Crippen LogP contribution in [0.1, 0.15) is 136 Å². The lowest BCUT2D eigenvalue weighted by molar-refractivity contribution is -0.164. The second kappa shape index (κ2) is 10.8. The van der Waals surface area contributed by atoms with Gasteiger partial charge in [-0.05, 0) is 80.5 Å². The third kappa shape index (κ3) is 5.22. The molecule has 4 aliphatic carbocycles. The summed E-state index contributed by atoms with van der Waals surface area (Å²) in [5, 5.41) is 0. The lowest BCUT2D eigenvalue weighted by Crippen LogP contribution is -2.54. The zero-order valence-corrected chi connectivity index (χ0v) is 21.8. The number of carbonyl (C=O) groups excluding carboxylic acids is 2. The van der Waals surface area contributed by atoms with Crippen molar-refractivity contribution >= 4 is 11.8 Å². The molecule has 4 saturated carbocycles. The molecule has 0 spiro atoms. The van der Waals surface area contributed by atoms with Crippen LogP contribution in [0.3, 0.4) is 0 Å². The minimum Gasteiger partial charge on any atom is -0.462 e. The molecule has 0 aromatic rings. The third-order valence-corrected chi connectivity index (χ3v) is 10.9. The van der Waals surface area contributed by atoms with Gasteiger partial charge in [0.1, 0.15) is 11.9 Å². The predicted octanol–water partition coefficient (Wildman–Crippen LogP) is 8.04. The van der Waals surface area contributed by atoms with Crippen LogP contribution in [0.2, 0.25) is 0 Å². The molecule has 0 aliphatic heterocycles. The summed E-state index contributed by atoms with van der Waals surface area (Å²) >= 11 is 0. The van der Waals surface area contributed by atoms with Crippen LogP contribution >= 0.6 is 0 Å². The first-order chi connectivity index (χ1) is 15.9. The molecule has 0 N–H and O–H groups in total. The molecule has 0 amide bonds. The Kier molecular flexibility index (Phi) is 8.27. The van der Waals surface area contributed by atoms with E-state index in [1.54, 1.807) is 0 Å². The van der Waals surface area contributed by atoms with Gasteiger partial charge in [-0.1, -0.05) is 65.7 Å². The number of ether oxygens (including phenoxy) is 1. The molecule has 188 valence electrons. The molecule has 0 heterocycles. The molecular formula is C30H50O3. The van der Waals surface area contributed by atoms with Gasteiger partial charge in [-0.15, -0.1) is 0 Å². The topological polar surface area (TPSA) is 43.4 Å². The monoisotopic (exact) mass is 458 g/mol. The molecule has 0 bridgehead atoms. The molecule has 0 saturated heterocycles. The fourth-order valence-corrected chi connectivity index (χ4v) is 8.81. The molecule has 0 radical (unpaired) electrons. The van der Waals surface area contributed by atoms with Crippen LogP contribution in [-0.4, -0.2) is 17.9 Å². The number of carbonyl (C=O) groups is 2. The number of rotatable bonds is 10. The number of Topliss-reactive ketones (excluding diaryl/α,β-unsaturated/α-hetero) is 1. The lowest BCUT2D eigenvalue weighted by Gasteiger charge is -2.60. The van der Waals surface area contributed by atoms with Crippen molar-refractivity contribution in [1.82, 2.24) is 0 Å². The summed E-state index contributed by atoms with van der Waals surface area (Å²) in [4.78, 5) is 24.8. The van der Waals surface area contributed by atoms with E-state index in [2.05, 4.69) is 20.8 Å². The zero-order valence-electron chi connectivity index (χ0n) is 21.8. The second-order valence-electron chi connectivity index (χ2n) is 12.7. The summed E-state index contributed by atoms with van der Waals surface area (Å²) in [6.45, 7) is 7.21. The first-order valence-electron chi connectivity index (χ1n) is 14.6. The summed E-state index contributed by atoms with van der Waals surface area (Å²) in [6, 6.07) is 0. The zero-order chi connectivity index (χ0) is 23.5. The Bertz CT molecular complexity index is 686. The number of hydrogen-bond donors (Lipinski definition) is 0. The van der Waals surface area contributed by atoms with Gasteiger partial charge in [-0.3, -0.25) is 9.59 Å². The Morgan fingerprint density at radius 1 is 0.848 bits per heavy atom. The average molecular weight is 459 g/mol. The highest BCUT2D eigenvalue weighted by Gasteiger charge is 2.61. The molecule has 4 aliphatic rings. The summed E-state index contributed by atoms with van der Waals surface area (Å²) in [5.41, 5.74) is 0.535. The van der Waals surface area contributed by atoms with Gasteiger partial charge >= 0.3 is 5.97 Å². The molecular weight excluding hydrogens is 408 g/mol. The molecule has 3 nitrogen and oxygen atoms in total. The van der Waals surface area contributed by atoms with E-state index in [4.69, 9.17) is 4.74 Å². The second-order valence-corrected chi connectivity index (χ2v) is 12.7. The fraction of sp³-hybridized carbons (Fsp3) is 0.933. The summed E-state index contributed by atoms with van der Waals surface area (Å²) in [7, 11) is 0. The SMILES string of the molecule is CCCCCCCCCCC(=O)O[C@H]1CC[C@H]2[C@@H]3CCC4CC(=O)CC[C@]4(C)[C@H]3CC[C@]12C. The Balaban J connectivity index is 1.26. The van der Waals surface area contributed by atoms with Gasteiger partial charge in [-0.25, -0.2) is 0 Å². The van der Waals surface area contributed by atoms with Gasteiger partial charge in [0.25, 0.3) is 0 Å². The predicted molar refractivity (Wildman–Crippen MR) is 134 cm³/mol. The van der Waals surface area contributed by atoms with E-state index in [9.17, 15) is 9.59 Å². The maximum absolute atomic E-state index is 12.7. The van der Waals surface area contributed by atoms with Gasteiger partial charge in [-0.2, -0.15) is 0 Å². The third-order valence-electron chi connectivity index (χ3n) is 10.9. The van der Waals surface area contributed by atoms with Crippen LogP contribution in [0.15, 0.2) is 0 Å². The van der Waals surface area contributed by atoms with E-state index in [1.807, 2.05) is 0 Å². The van der Waals surface area contributed by atoms with Crippen LogP contribution < -0.4 is 0 Å². The van der Waals surface area contributed by atoms with Crippen molar-refractivity contribution in [2.24, 2.45) is 34.5 Å². The van der Waals surface area contributed by atoms with Crippen molar-refractivity contribution < 1.29 is 14.3 Å². The van der Waals surface area contributed by atoms with Crippen molar-refractivity contribution in [3.8, 4) is 0 Å². The number of hydrogen-bond acceptors (Lipinski definition) is 3. The van der Waals surface area contributed by atoms with Crippen molar-refractivity contribution in [2.75, 3.05) is 0 Å². The molecule has 7 atom stereocenters. The highest BCUT2D eigenvalue weighted by molar-refractivity contribution is 5.79. The Morgan fingerprint density at radius 2 is 1.55 bits per heavy atom. The minimum atomic E-state index is 0.0523. The van der Waals surface area contributed by atoms with Crippen molar-refractivity contribution in [2.45, 2.75) is 142 Å². The Labute approximate surface area is 203 Å². The van der Waals surface area contributed by atoms with Crippen LogP contribution in [0.25, 0.3) is 0 Å². The van der Waals surface area contributed by atoms with Gasteiger partial charge in [0, 0.05) is 24.7 Å². The summed E-state index contributed by atoms with van der Waals surface area (Å²) < 4.78 is 6.19. The molecule has 1 unspecified atom stereocenters. The molecule has 0 aromatic heterocycles. The van der Waals surface area contributed by atoms with Gasteiger partial charge in [0.05, 0.1) is 0 Å². The average Bonchev–Trinajstić information content (AvgIpc) is 3.12. The molecule has 4 rings (SSSR count). The van der Waals surface area contributed by atoms with Crippen molar-refractivity contribution in [3.63, 3.8) is 0 Å². The van der Waals surface area contributed by atoms with Crippen LogP contribution in [0.4, 0.5) is 0 Å². The quantitative estimate of drug-likeness (QED) is 0.246. The number of unbranched alkanes of at least 4 members (excludes halogenated alkanes) is 7. The van der Waals surface area contributed by atoms with Crippen LogP contribution in [0, 0.1) is 34.5 Å². The van der Waals surface area contributed by atoms with E-state index in [0.717, 1.165) is 50.4 Å². The smallest absolute Gasteiger partial charge is 0.306 e. The maximum Gasteiger partial charge on any atom is 0.306 e. The standard InChI is InChI=1S/C30H50O3/c1-4-5-6-7-8-9-10-11-12-28(32)33-27-16-15-25-24-14-13-22-21-23(31)17-19-29(22,2)26(24)18-20-30(25,27)3/h22,24-27H,4-21H2,1-3H3/t22?,24-,25-,26-,27-,29-,30-/m0/s1. The highest BCUT2D eigenvalue weighted by Crippen LogP contribution is 2.66.